The van der Waals surface area contributed by atoms with E-state index in [9.17, 15) is 4.79 Å². The lowest BCUT2D eigenvalue weighted by Crippen LogP contribution is -2.48. The van der Waals surface area contributed by atoms with Gasteiger partial charge in [0.25, 0.3) is 5.91 Å². The molecule has 1 aromatic rings. The van der Waals surface area contributed by atoms with Gasteiger partial charge in [-0.2, -0.15) is 0 Å². The van der Waals surface area contributed by atoms with Crippen molar-refractivity contribution >= 4 is 5.91 Å². The van der Waals surface area contributed by atoms with E-state index in [2.05, 4.69) is 11.8 Å². The number of hydrogen-bond acceptors (Lipinski definition) is 3. The molecule has 0 saturated carbocycles. The summed E-state index contributed by atoms with van der Waals surface area (Å²) in [4.78, 5) is 16.7. The van der Waals surface area contributed by atoms with Gasteiger partial charge in [0.05, 0.1) is 0 Å². The molecule has 0 aliphatic carbocycles. The molecule has 0 unspecified atom stereocenters. The van der Waals surface area contributed by atoms with E-state index in [4.69, 9.17) is 5.73 Å². The van der Waals surface area contributed by atoms with Gasteiger partial charge in [0.2, 0.25) is 0 Å². The summed E-state index contributed by atoms with van der Waals surface area (Å²) in [6, 6.07) is 7.62. The molecule has 0 spiro atoms. The zero-order chi connectivity index (χ0) is 13.0. The summed E-state index contributed by atoms with van der Waals surface area (Å²) in [6.45, 7) is 7.18. The first-order valence-electron chi connectivity index (χ1n) is 6.56. The Kier molecular flexibility index (Phi) is 4.33. The minimum atomic E-state index is 0.117. The SMILES string of the molecule is CCN1CCN(C(=O)c2ccccc2CN)CC1. The number of amides is 1. The summed E-state index contributed by atoms with van der Waals surface area (Å²) < 4.78 is 0. The zero-order valence-electron chi connectivity index (χ0n) is 10.9. The fraction of sp³-hybridized carbons (Fsp3) is 0.500. The van der Waals surface area contributed by atoms with E-state index in [0.717, 1.165) is 43.9 Å². The molecule has 0 bridgehead atoms. The van der Waals surface area contributed by atoms with Crippen molar-refractivity contribution in [2.24, 2.45) is 5.73 Å². The van der Waals surface area contributed by atoms with Gasteiger partial charge in [-0.1, -0.05) is 25.1 Å². The van der Waals surface area contributed by atoms with Crippen LogP contribution in [-0.4, -0.2) is 48.4 Å². The largest absolute Gasteiger partial charge is 0.336 e. The molecule has 1 aliphatic heterocycles. The van der Waals surface area contributed by atoms with E-state index < -0.39 is 0 Å². The van der Waals surface area contributed by atoms with Crippen molar-refractivity contribution in [2.75, 3.05) is 32.7 Å². The van der Waals surface area contributed by atoms with Gasteiger partial charge in [-0.15, -0.1) is 0 Å². The van der Waals surface area contributed by atoms with Crippen molar-refractivity contribution in [3.8, 4) is 0 Å². The summed E-state index contributed by atoms with van der Waals surface area (Å²) in [5, 5.41) is 0. The van der Waals surface area contributed by atoms with E-state index in [0.29, 0.717) is 6.54 Å². The number of carbonyl (C=O) groups is 1. The Hall–Kier alpha value is -1.39. The normalized spacial score (nSPS) is 16.9. The highest BCUT2D eigenvalue weighted by Gasteiger charge is 2.22. The van der Waals surface area contributed by atoms with E-state index in [1.165, 1.54) is 0 Å². The number of rotatable bonds is 3. The summed E-state index contributed by atoms with van der Waals surface area (Å²) in [5.74, 6) is 0.117. The number of likely N-dealkylation sites (N-methyl/N-ethyl adjacent to an activating group) is 1. The molecule has 0 atom stereocenters. The molecule has 1 amide bonds. The van der Waals surface area contributed by atoms with Gasteiger partial charge >= 0.3 is 0 Å². The van der Waals surface area contributed by atoms with Crippen molar-refractivity contribution < 1.29 is 4.79 Å². The molecule has 1 saturated heterocycles. The van der Waals surface area contributed by atoms with Crippen molar-refractivity contribution in [2.45, 2.75) is 13.5 Å². The third-order valence-corrected chi connectivity index (χ3v) is 3.57. The minimum absolute atomic E-state index is 0.117. The maximum Gasteiger partial charge on any atom is 0.254 e. The van der Waals surface area contributed by atoms with Gasteiger partial charge in [-0.25, -0.2) is 0 Å². The third-order valence-electron chi connectivity index (χ3n) is 3.57. The first-order chi connectivity index (χ1) is 8.76. The van der Waals surface area contributed by atoms with Crippen LogP contribution in [-0.2, 0) is 6.54 Å². The molecule has 4 nitrogen and oxygen atoms in total. The average Bonchev–Trinajstić information content (AvgIpc) is 2.46. The van der Waals surface area contributed by atoms with Gasteiger partial charge < -0.3 is 15.5 Å². The smallest absolute Gasteiger partial charge is 0.254 e. The molecule has 0 radical (unpaired) electrons. The van der Waals surface area contributed by atoms with Crippen LogP contribution >= 0.6 is 0 Å². The number of piperazine rings is 1. The fourth-order valence-electron chi connectivity index (χ4n) is 2.34. The first kappa shape index (κ1) is 13.1. The van der Waals surface area contributed by atoms with Crippen LogP contribution in [0, 0.1) is 0 Å². The van der Waals surface area contributed by atoms with E-state index >= 15 is 0 Å². The second-order valence-electron chi connectivity index (χ2n) is 4.59. The highest BCUT2D eigenvalue weighted by molar-refractivity contribution is 5.95. The lowest BCUT2D eigenvalue weighted by Gasteiger charge is -2.34. The first-order valence-corrected chi connectivity index (χ1v) is 6.56. The molecule has 1 aliphatic rings. The van der Waals surface area contributed by atoms with E-state index in [1.54, 1.807) is 0 Å². The Bertz CT molecular complexity index is 411. The quantitative estimate of drug-likeness (QED) is 0.864. The molecular weight excluding hydrogens is 226 g/mol. The molecule has 2 rings (SSSR count). The lowest BCUT2D eigenvalue weighted by atomic mass is 10.1. The molecule has 2 N–H and O–H groups in total. The molecule has 1 aromatic carbocycles. The van der Waals surface area contributed by atoms with Gasteiger partial charge in [-0.3, -0.25) is 4.79 Å². The highest BCUT2D eigenvalue weighted by Crippen LogP contribution is 2.13. The monoisotopic (exact) mass is 247 g/mol. The summed E-state index contributed by atoms with van der Waals surface area (Å²) >= 11 is 0. The molecular formula is C14H21N3O. The lowest BCUT2D eigenvalue weighted by molar-refractivity contribution is 0.0642. The molecule has 0 aromatic heterocycles. The standard InChI is InChI=1S/C14H21N3O/c1-2-16-7-9-17(10-8-16)14(18)13-6-4-3-5-12(13)11-15/h3-6H,2,7-11,15H2,1H3. The Labute approximate surface area is 108 Å². The van der Waals surface area contributed by atoms with Crippen LogP contribution in [0.15, 0.2) is 24.3 Å². The minimum Gasteiger partial charge on any atom is -0.336 e. The Morgan fingerprint density at radius 3 is 2.50 bits per heavy atom. The maximum atomic E-state index is 12.4. The highest BCUT2D eigenvalue weighted by atomic mass is 16.2. The van der Waals surface area contributed by atoms with Crippen LogP contribution in [0.25, 0.3) is 0 Å². The Morgan fingerprint density at radius 2 is 1.89 bits per heavy atom. The number of benzene rings is 1. The van der Waals surface area contributed by atoms with Gasteiger partial charge in [0, 0.05) is 38.3 Å². The topological polar surface area (TPSA) is 49.6 Å². The predicted octanol–water partition coefficient (Wildman–Crippen LogP) is 0.923. The van der Waals surface area contributed by atoms with Crippen LogP contribution in [0.2, 0.25) is 0 Å². The van der Waals surface area contributed by atoms with E-state index in [-0.39, 0.29) is 5.91 Å². The fourth-order valence-corrected chi connectivity index (χ4v) is 2.34. The van der Waals surface area contributed by atoms with Crippen LogP contribution in [0.3, 0.4) is 0 Å². The van der Waals surface area contributed by atoms with Crippen molar-refractivity contribution in [3.63, 3.8) is 0 Å². The number of carbonyl (C=O) groups excluding carboxylic acids is 1. The molecule has 1 fully saturated rings. The van der Waals surface area contributed by atoms with Gasteiger partial charge in [-0.05, 0) is 18.2 Å². The molecule has 98 valence electrons. The number of hydrogen-bond donors (Lipinski definition) is 1. The van der Waals surface area contributed by atoms with Crippen molar-refractivity contribution in [3.05, 3.63) is 35.4 Å². The Morgan fingerprint density at radius 1 is 1.22 bits per heavy atom. The van der Waals surface area contributed by atoms with E-state index in [1.807, 2.05) is 29.2 Å². The molecule has 4 heteroatoms. The van der Waals surface area contributed by atoms with Crippen LogP contribution < -0.4 is 5.73 Å². The Balaban J connectivity index is 2.08. The van der Waals surface area contributed by atoms with Gasteiger partial charge in [0.1, 0.15) is 0 Å². The summed E-state index contributed by atoms with van der Waals surface area (Å²) in [6.07, 6.45) is 0. The third kappa shape index (κ3) is 2.71. The van der Waals surface area contributed by atoms with Crippen LogP contribution in [0.5, 0.6) is 0 Å². The van der Waals surface area contributed by atoms with Crippen LogP contribution in [0.1, 0.15) is 22.8 Å². The summed E-state index contributed by atoms with van der Waals surface area (Å²) in [5.41, 5.74) is 7.37. The zero-order valence-corrected chi connectivity index (χ0v) is 10.9. The second-order valence-corrected chi connectivity index (χ2v) is 4.59. The van der Waals surface area contributed by atoms with Crippen LogP contribution in [0.4, 0.5) is 0 Å². The molecule has 1 heterocycles. The predicted molar refractivity (Wildman–Crippen MR) is 72.4 cm³/mol. The van der Waals surface area contributed by atoms with Crippen molar-refractivity contribution in [1.29, 1.82) is 0 Å². The van der Waals surface area contributed by atoms with Gasteiger partial charge in [0.15, 0.2) is 0 Å². The average molecular weight is 247 g/mol. The second kappa shape index (κ2) is 5.98. The van der Waals surface area contributed by atoms with Crippen molar-refractivity contribution in [1.82, 2.24) is 9.80 Å². The number of nitrogens with two attached hydrogens (primary N) is 1. The maximum absolute atomic E-state index is 12.4. The number of nitrogens with zero attached hydrogens (tertiary/aromatic N) is 2. The molecule has 18 heavy (non-hydrogen) atoms. The summed E-state index contributed by atoms with van der Waals surface area (Å²) in [7, 11) is 0.